The maximum absolute atomic E-state index is 10.6. The Morgan fingerprint density at radius 2 is 1.77 bits per heavy atom. The fraction of sp³-hybridized carbons (Fsp3) is 0.667. The minimum Gasteiger partial charge on any atom is -0.475 e. The summed E-state index contributed by atoms with van der Waals surface area (Å²) in [5.41, 5.74) is 1.27. The van der Waals surface area contributed by atoms with E-state index in [1.807, 2.05) is 0 Å². The van der Waals surface area contributed by atoms with Crippen molar-refractivity contribution in [3.05, 3.63) is 11.8 Å². The van der Waals surface area contributed by atoms with E-state index in [0.29, 0.717) is 5.92 Å². The monoisotopic (exact) mass is 450 g/mol. The minimum absolute atomic E-state index is 0.650. The first-order chi connectivity index (χ1) is 13.8. The van der Waals surface area contributed by atoms with Crippen molar-refractivity contribution in [1.82, 2.24) is 15.1 Å². The zero-order valence-corrected chi connectivity index (χ0v) is 15.4. The molecule has 1 fully saturated rings. The van der Waals surface area contributed by atoms with Crippen molar-refractivity contribution in [2.45, 2.75) is 31.9 Å². The predicted octanol–water partition coefficient (Wildman–Crippen LogP) is 1.70. The van der Waals surface area contributed by atoms with Crippen LogP contribution in [-0.2, 0) is 27.4 Å². The number of anilines is 1. The molecule has 30 heavy (non-hydrogen) atoms. The summed E-state index contributed by atoms with van der Waals surface area (Å²) >= 11 is 0. The van der Waals surface area contributed by atoms with Gasteiger partial charge in [0.25, 0.3) is 0 Å². The quantitative estimate of drug-likeness (QED) is 0.513. The summed E-state index contributed by atoms with van der Waals surface area (Å²) < 4.78 is 70.9. The number of carboxylic acid groups (broad SMARTS) is 2. The van der Waals surface area contributed by atoms with Crippen LogP contribution in [0.15, 0.2) is 6.07 Å². The Labute approximate surface area is 166 Å². The Morgan fingerprint density at radius 3 is 2.20 bits per heavy atom. The molecule has 172 valence electrons. The molecular formula is C15H20F6N4O5. The molecule has 0 aliphatic carbocycles. The highest BCUT2D eigenvalue weighted by Crippen LogP contribution is 2.16. The third-order valence-electron chi connectivity index (χ3n) is 3.75. The molecule has 0 bridgehead atoms. The van der Waals surface area contributed by atoms with E-state index >= 15 is 0 Å². The van der Waals surface area contributed by atoms with Gasteiger partial charge in [-0.25, -0.2) is 9.59 Å². The van der Waals surface area contributed by atoms with Gasteiger partial charge in [0.1, 0.15) is 5.82 Å². The van der Waals surface area contributed by atoms with Gasteiger partial charge in [-0.1, -0.05) is 0 Å². The van der Waals surface area contributed by atoms with Gasteiger partial charge in [0.15, 0.2) is 0 Å². The number of aliphatic carboxylic acids is 2. The standard InChI is InChI=1S/C11H18N4O.2C2HF3O2/c1-4-16-8-9(1)6-13-11-5-10-7-12-2-3-15(10)14-11;2*3-2(4,5)1(6)7/h5,9,12H,1-4,6-8H2,(H,13,14);2*(H,6,7). The van der Waals surface area contributed by atoms with Crippen LogP contribution in [0.2, 0.25) is 0 Å². The zero-order chi connectivity index (χ0) is 22.9. The number of rotatable bonds is 3. The molecule has 3 heterocycles. The smallest absolute Gasteiger partial charge is 0.475 e. The lowest BCUT2D eigenvalue weighted by atomic mass is 10.1. The van der Waals surface area contributed by atoms with Gasteiger partial charge in [0, 0.05) is 38.2 Å². The van der Waals surface area contributed by atoms with Crippen molar-refractivity contribution in [2.75, 3.05) is 31.6 Å². The highest BCUT2D eigenvalue weighted by atomic mass is 19.4. The summed E-state index contributed by atoms with van der Waals surface area (Å²) in [4.78, 5) is 17.8. The Kier molecular flexibility index (Phi) is 9.35. The second-order valence-electron chi connectivity index (χ2n) is 6.14. The van der Waals surface area contributed by atoms with Gasteiger partial charge in [-0.3, -0.25) is 4.68 Å². The Balaban J connectivity index is 0.000000271. The van der Waals surface area contributed by atoms with Crippen molar-refractivity contribution in [1.29, 1.82) is 0 Å². The van der Waals surface area contributed by atoms with Crippen LogP contribution in [0.25, 0.3) is 0 Å². The first-order valence-corrected chi connectivity index (χ1v) is 8.50. The number of nitrogens with one attached hydrogen (secondary N) is 2. The van der Waals surface area contributed by atoms with E-state index in [2.05, 4.69) is 26.5 Å². The lowest BCUT2D eigenvalue weighted by molar-refractivity contribution is -0.193. The van der Waals surface area contributed by atoms with Crippen molar-refractivity contribution >= 4 is 17.8 Å². The average Bonchev–Trinajstić information content (AvgIpc) is 3.28. The zero-order valence-electron chi connectivity index (χ0n) is 15.4. The first kappa shape index (κ1) is 25.5. The summed E-state index contributed by atoms with van der Waals surface area (Å²) in [5, 5.41) is 25.5. The fourth-order valence-electron chi connectivity index (χ4n) is 2.27. The predicted molar refractivity (Wildman–Crippen MR) is 88.7 cm³/mol. The first-order valence-electron chi connectivity index (χ1n) is 8.50. The Bertz CT molecular complexity index is 653. The van der Waals surface area contributed by atoms with Gasteiger partial charge in [-0.15, -0.1) is 0 Å². The van der Waals surface area contributed by atoms with E-state index in [1.165, 1.54) is 12.1 Å². The van der Waals surface area contributed by atoms with Crippen LogP contribution in [0, 0.1) is 5.92 Å². The number of carboxylic acids is 2. The van der Waals surface area contributed by atoms with E-state index in [-0.39, 0.29) is 0 Å². The highest BCUT2D eigenvalue weighted by Gasteiger charge is 2.38. The normalized spacial score (nSPS) is 18.3. The van der Waals surface area contributed by atoms with Crippen LogP contribution in [0.5, 0.6) is 0 Å². The fourth-order valence-corrected chi connectivity index (χ4v) is 2.27. The number of ether oxygens (including phenoxy) is 1. The molecule has 0 radical (unpaired) electrons. The average molecular weight is 450 g/mol. The Hall–Kier alpha value is -2.55. The number of nitrogens with zero attached hydrogens (tertiary/aromatic N) is 2. The van der Waals surface area contributed by atoms with E-state index < -0.39 is 24.3 Å². The topological polar surface area (TPSA) is 126 Å². The van der Waals surface area contributed by atoms with E-state index in [1.54, 1.807) is 0 Å². The molecule has 1 aromatic heterocycles. The summed E-state index contributed by atoms with van der Waals surface area (Å²) in [5.74, 6) is -3.86. The maximum atomic E-state index is 10.6. The van der Waals surface area contributed by atoms with E-state index in [9.17, 15) is 26.3 Å². The number of alkyl halides is 6. The molecule has 15 heteroatoms. The van der Waals surface area contributed by atoms with Gasteiger partial charge in [0.2, 0.25) is 0 Å². The molecule has 4 N–H and O–H groups in total. The number of aromatic nitrogens is 2. The molecule has 1 atom stereocenters. The molecule has 3 rings (SSSR count). The molecular weight excluding hydrogens is 430 g/mol. The number of halogens is 6. The van der Waals surface area contributed by atoms with Gasteiger partial charge in [0.05, 0.1) is 18.8 Å². The third kappa shape index (κ3) is 9.30. The van der Waals surface area contributed by atoms with Gasteiger partial charge >= 0.3 is 24.3 Å². The van der Waals surface area contributed by atoms with Crippen molar-refractivity contribution in [3.8, 4) is 0 Å². The summed E-state index contributed by atoms with van der Waals surface area (Å²) in [6.45, 7) is 5.71. The molecule has 1 saturated heterocycles. The molecule has 0 saturated carbocycles. The van der Waals surface area contributed by atoms with Crippen LogP contribution in [0.1, 0.15) is 12.1 Å². The molecule has 1 unspecified atom stereocenters. The summed E-state index contributed by atoms with van der Waals surface area (Å²) in [7, 11) is 0. The van der Waals surface area contributed by atoms with Crippen molar-refractivity contribution in [3.63, 3.8) is 0 Å². The van der Waals surface area contributed by atoms with E-state index in [0.717, 1.165) is 45.2 Å². The molecule has 0 amide bonds. The second-order valence-corrected chi connectivity index (χ2v) is 6.14. The number of hydrogen-bond acceptors (Lipinski definition) is 6. The van der Waals surface area contributed by atoms with Gasteiger partial charge in [-0.2, -0.15) is 31.4 Å². The van der Waals surface area contributed by atoms with Crippen LogP contribution >= 0.6 is 0 Å². The minimum atomic E-state index is -5.08. The summed E-state index contributed by atoms with van der Waals surface area (Å²) in [6.07, 6.45) is -9.00. The second kappa shape index (κ2) is 11.0. The largest absolute Gasteiger partial charge is 0.490 e. The van der Waals surface area contributed by atoms with Gasteiger partial charge < -0.3 is 25.6 Å². The van der Waals surface area contributed by atoms with Crippen molar-refractivity contribution in [2.24, 2.45) is 5.92 Å². The maximum Gasteiger partial charge on any atom is 0.490 e. The number of fused-ring (bicyclic) bond motifs is 1. The molecule has 1 aromatic rings. The highest BCUT2D eigenvalue weighted by molar-refractivity contribution is 5.73. The molecule has 2 aliphatic rings. The Morgan fingerprint density at radius 1 is 1.20 bits per heavy atom. The molecule has 9 nitrogen and oxygen atoms in total. The lowest BCUT2D eigenvalue weighted by Gasteiger charge is -2.13. The molecule has 2 aliphatic heterocycles. The van der Waals surface area contributed by atoms with Crippen LogP contribution in [-0.4, -0.2) is 70.6 Å². The van der Waals surface area contributed by atoms with Gasteiger partial charge in [-0.05, 0) is 6.42 Å². The SMILES string of the molecule is O=C(O)C(F)(F)F.O=C(O)C(F)(F)F.c1c(NCC2CCOC2)nn2c1CNCC2. The molecule has 0 spiro atoms. The van der Waals surface area contributed by atoms with Crippen LogP contribution in [0.4, 0.5) is 32.2 Å². The van der Waals surface area contributed by atoms with Crippen LogP contribution in [0.3, 0.4) is 0 Å². The lowest BCUT2D eigenvalue weighted by Crippen LogP contribution is -2.28. The van der Waals surface area contributed by atoms with E-state index in [4.69, 9.17) is 24.5 Å². The number of carbonyl (C=O) groups is 2. The van der Waals surface area contributed by atoms with Crippen LogP contribution < -0.4 is 10.6 Å². The summed E-state index contributed by atoms with van der Waals surface area (Å²) in [6, 6.07) is 2.14. The van der Waals surface area contributed by atoms with Crippen molar-refractivity contribution < 1.29 is 50.9 Å². The third-order valence-corrected chi connectivity index (χ3v) is 3.75. The molecule has 0 aromatic carbocycles. The number of hydrogen-bond donors (Lipinski definition) is 4.